The zero-order valence-electron chi connectivity index (χ0n) is 10.9. The van der Waals surface area contributed by atoms with E-state index in [0.29, 0.717) is 5.92 Å². The third-order valence-corrected chi connectivity index (χ3v) is 3.43. The number of anilines is 1. The smallest absolute Gasteiger partial charge is 0.325 e. The van der Waals surface area contributed by atoms with Crippen molar-refractivity contribution in [1.82, 2.24) is 9.97 Å². The third-order valence-electron chi connectivity index (χ3n) is 3.43. The first kappa shape index (κ1) is 12.8. The van der Waals surface area contributed by atoms with Crippen molar-refractivity contribution in [3.63, 3.8) is 0 Å². The minimum Gasteiger partial charge on any atom is -0.468 e. The number of aromatic nitrogens is 2. The molecule has 0 bridgehead atoms. The van der Waals surface area contributed by atoms with Gasteiger partial charge in [-0.25, -0.2) is 9.97 Å². The Kier molecular flexibility index (Phi) is 4.12. The number of likely N-dealkylation sites (N-methyl/N-ethyl adjacent to an activating group) is 1. The van der Waals surface area contributed by atoms with E-state index in [1.165, 1.54) is 32.8 Å². The van der Waals surface area contributed by atoms with Gasteiger partial charge in [-0.3, -0.25) is 4.79 Å². The van der Waals surface area contributed by atoms with Gasteiger partial charge in [0.2, 0.25) is 0 Å². The molecule has 0 atom stereocenters. The van der Waals surface area contributed by atoms with E-state index < -0.39 is 0 Å². The highest BCUT2D eigenvalue weighted by atomic mass is 16.5. The second-order valence-electron chi connectivity index (χ2n) is 4.71. The SMILES string of the molecule is COC(=O)CN(C)c1cc(C2CCCC2)ncn1. The fourth-order valence-corrected chi connectivity index (χ4v) is 2.35. The Morgan fingerprint density at radius 3 is 2.83 bits per heavy atom. The molecule has 1 heterocycles. The van der Waals surface area contributed by atoms with Gasteiger partial charge in [0.15, 0.2) is 0 Å². The number of carbonyl (C=O) groups excluding carboxylic acids is 1. The molecule has 0 radical (unpaired) electrons. The van der Waals surface area contributed by atoms with Crippen LogP contribution in [0, 0.1) is 0 Å². The molecule has 2 rings (SSSR count). The predicted molar refractivity (Wildman–Crippen MR) is 68.5 cm³/mol. The molecule has 0 amide bonds. The molecule has 1 aliphatic carbocycles. The van der Waals surface area contributed by atoms with Gasteiger partial charge < -0.3 is 9.64 Å². The maximum Gasteiger partial charge on any atom is 0.325 e. The van der Waals surface area contributed by atoms with Crippen LogP contribution >= 0.6 is 0 Å². The van der Waals surface area contributed by atoms with E-state index in [1.54, 1.807) is 11.2 Å². The summed E-state index contributed by atoms with van der Waals surface area (Å²) < 4.78 is 4.65. The van der Waals surface area contributed by atoms with Crippen molar-refractivity contribution in [3.8, 4) is 0 Å². The van der Waals surface area contributed by atoms with Crippen LogP contribution in [-0.2, 0) is 9.53 Å². The number of methoxy groups -OCH3 is 1. The molecular formula is C13H19N3O2. The topological polar surface area (TPSA) is 55.3 Å². The van der Waals surface area contributed by atoms with Crippen molar-refractivity contribution >= 4 is 11.8 Å². The standard InChI is InChI=1S/C13H19N3O2/c1-16(8-13(17)18-2)12-7-11(14-9-15-12)10-5-3-4-6-10/h7,9-10H,3-6,8H2,1-2H3. The summed E-state index contributed by atoms with van der Waals surface area (Å²) >= 11 is 0. The van der Waals surface area contributed by atoms with Crippen molar-refractivity contribution in [2.45, 2.75) is 31.6 Å². The summed E-state index contributed by atoms with van der Waals surface area (Å²) in [6.45, 7) is 0.206. The van der Waals surface area contributed by atoms with Crippen molar-refractivity contribution in [3.05, 3.63) is 18.1 Å². The van der Waals surface area contributed by atoms with Crippen LogP contribution in [0.15, 0.2) is 12.4 Å². The molecule has 0 spiro atoms. The number of esters is 1. The van der Waals surface area contributed by atoms with Crippen LogP contribution < -0.4 is 4.90 Å². The zero-order valence-corrected chi connectivity index (χ0v) is 10.9. The lowest BCUT2D eigenvalue weighted by Crippen LogP contribution is -2.27. The summed E-state index contributed by atoms with van der Waals surface area (Å²) in [5, 5.41) is 0. The molecular weight excluding hydrogens is 230 g/mol. The fourth-order valence-electron chi connectivity index (χ4n) is 2.35. The molecule has 18 heavy (non-hydrogen) atoms. The Morgan fingerprint density at radius 1 is 1.44 bits per heavy atom. The number of nitrogens with zero attached hydrogens (tertiary/aromatic N) is 3. The number of hydrogen-bond acceptors (Lipinski definition) is 5. The van der Waals surface area contributed by atoms with Crippen molar-refractivity contribution in [2.75, 3.05) is 25.6 Å². The van der Waals surface area contributed by atoms with E-state index >= 15 is 0 Å². The minimum absolute atomic E-state index is 0.206. The first-order valence-corrected chi connectivity index (χ1v) is 6.30. The monoisotopic (exact) mass is 249 g/mol. The van der Waals surface area contributed by atoms with Gasteiger partial charge in [-0.2, -0.15) is 0 Å². The van der Waals surface area contributed by atoms with E-state index in [4.69, 9.17) is 0 Å². The highest BCUT2D eigenvalue weighted by molar-refractivity contribution is 5.74. The van der Waals surface area contributed by atoms with Gasteiger partial charge in [-0.15, -0.1) is 0 Å². The zero-order chi connectivity index (χ0) is 13.0. The molecule has 1 aromatic heterocycles. The van der Waals surface area contributed by atoms with Gasteiger partial charge in [0.25, 0.3) is 0 Å². The molecule has 98 valence electrons. The van der Waals surface area contributed by atoms with Crippen molar-refractivity contribution in [2.24, 2.45) is 0 Å². The number of hydrogen-bond donors (Lipinski definition) is 0. The second-order valence-corrected chi connectivity index (χ2v) is 4.71. The van der Waals surface area contributed by atoms with Gasteiger partial charge in [-0.05, 0) is 12.8 Å². The fraction of sp³-hybridized carbons (Fsp3) is 0.615. The van der Waals surface area contributed by atoms with Crippen LogP contribution in [0.4, 0.5) is 5.82 Å². The number of ether oxygens (including phenoxy) is 1. The minimum atomic E-state index is -0.265. The second kappa shape index (κ2) is 5.80. The molecule has 5 nitrogen and oxygen atoms in total. The summed E-state index contributed by atoms with van der Waals surface area (Å²) in [6.07, 6.45) is 6.55. The first-order valence-electron chi connectivity index (χ1n) is 6.30. The lowest BCUT2D eigenvalue weighted by atomic mass is 10.0. The molecule has 5 heteroatoms. The van der Waals surface area contributed by atoms with Crippen molar-refractivity contribution < 1.29 is 9.53 Å². The molecule has 0 aromatic carbocycles. The van der Waals surface area contributed by atoms with Gasteiger partial charge in [-0.1, -0.05) is 12.8 Å². The van der Waals surface area contributed by atoms with Crippen LogP contribution in [0.2, 0.25) is 0 Å². The van der Waals surface area contributed by atoms with Crippen LogP contribution in [0.25, 0.3) is 0 Å². The van der Waals surface area contributed by atoms with Gasteiger partial charge in [0.1, 0.15) is 18.7 Å². The number of rotatable bonds is 4. The Bertz CT molecular complexity index is 416. The van der Waals surface area contributed by atoms with Crippen LogP contribution in [0.3, 0.4) is 0 Å². The van der Waals surface area contributed by atoms with E-state index in [-0.39, 0.29) is 12.5 Å². The molecule has 1 fully saturated rings. The van der Waals surface area contributed by atoms with E-state index in [9.17, 15) is 4.79 Å². The molecule has 1 saturated carbocycles. The Morgan fingerprint density at radius 2 is 2.17 bits per heavy atom. The van der Waals surface area contributed by atoms with E-state index in [0.717, 1.165) is 11.5 Å². The molecule has 1 aromatic rings. The molecule has 0 saturated heterocycles. The average Bonchev–Trinajstić information content (AvgIpc) is 2.92. The molecule has 0 N–H and O–H groups in total. The van der Waals surface area contributed by atoms with Gasteiger partial charge in [0, 0.05) is 24.7 Å². The molecule has 0 unspecified atom stereocenters. The maximum atomic E-state index is 11.2. The molecule has 1 aliphatic rings. The Balaban J connectivity index is 2.08. The predicted octanol–water partition coefficient (Wildman–Crippen LogP) is 1.74. The summed E-state index contributed by atoms with van der Waals surface area (Å²) in [5.41, 5.74) is 1.09. The lowest BCUT2D eigenvalue weighted by Gasteiger charge is -2.18. The van der Waals surface area contributed by atoms with E-state index in [2.05, 4.69) is 14.7 Å². The van der Waals surface area contributed by atoms with E-state index in [1.807, 2.05) is 13.1 Å². The largest absolute Gasteiger partial charge is 0.468 e. The summed E-state index contributed by atoms with van der Waals surface area (Å²) in [5.74, 6) is 1.06. The first-order chi connectivity index (χ1) is 8.70. The Labute approximate surface area is 107 Å². The van der Waals surface area contributed by atoms with Crippen LogP contribution in [0.5, 0.6) is 0 Å². The molecule has 0 aliphatic heterocycles. The van der Waals surface area contributed by atoms with Gasteiger partial charge >= 0.3 is 5.97 Å². The Hall–Kier alpha value is -1.65. The quantitative estimate of drug-likeness (QED) is 0.761. The lowest BCUT2D eigenvalue weighted by molar-refractivity contribution is -0.138. The average molecular weight is 249 g/mol. The van der Waals surface area contributed by atoms with Crippen LogP contribution in [0.1, 0.15) is 37.3 Å². The van der Waals surface area contributed by atoms with Crippen LogP contribution in [-0.4, -0.2) is 36.6 Å². The summed E-state index contributed by atoms with van der Waals surface area (Å²) in [6, 6.07) is 1.99. The summed E-state index contributed by atoms with van der Waals surface area (Å²) in [4.78, 5) is 21.6. The van der Waals surface area contributed by atoms with Crippen molar-refractivity contribution in [1.29, 1.82) is 0 Å². The highest BCUT2D eigenvalue weighted by Gasteiger charge is 2.19. The number of carbonyl (C=O) groups is 1. The maximum absolute atomic E-state index is 11.2. The summed E-state index contributed by atoms with van der Waals surface area (Å²) in [7, 11) is 3.22. The highest BCUT2D eigenvalue weighted by Crippen LogP contribution is 2.33. The third kappa shape index (κ3) is 2.97. The van der Waals surface area contributed by atoms with Gasteiger partial charge in [0.05, 0.1) is 7.11 Å². The normalized spacial score (nSPS) is 15.7.